The predicted octanol–water partition coefficient (Wildman–Crippen LogP) is 0.728. The third-order valence-corrected chi connectivity index (χ3v) is 3.05. The van der Waals surface area contributed by atoms with E-state index in [0.29, 0.717) is 17.6 Å². The second-order valence-electron chi connectivity index (χ2n) is 3.15. The Morgan fingerprint density at radius 1 is 1.71 bits per heavy atom. The van der Waals surface area contributed by atoms with Gasteiger partial charge in [0.1, 0.15) is 0 Å². The molecule has 1 aliphatic heterocycles. The summed E-state index contributed by atoms with van der Waals surface area (Å²) in [6.45, 7) is 2.75. The number of carbonyl (C=O) groups is 1. The second kappa shape index (κ2) is 4.25. The van der Waals surface area contributed by atoms with E-state index >= 15 is 0 Å². The Kier molecular flexibility index (Phi) is 3.00. The van der Waals surface area contributed by atoms with Crippen molar-refractivity contribution in [2.45, 2.75) is 6.54 Å². The Morgan fingerprint density at radius 3 is 3.21 bits per heavy atom. The fourth-order valence-corrected chi connectivity index (χ4v) is 2.18. The summed E-state index contributed by atoms with van der Waals surface area (Å²) in [5.41, 5.74) is 0.940. The largest absolute Gasteiger partial charge is 0.354 e. The third kappa shape index (κ3) is 2.43. The monoisotopic (exact) mass is 231 g/mol. The van der Waals surface area contributed by atoms with Crippen LogP contribution in [0.4, 0.5) is 0 Å². The number of halogens is 1. The number of aromatic nitrogens is 1. The lowest BCUT2D eigenvalue weighted by atomic mass is 10.3. The van der Waals surface area contributed by atoms with Crippen molar-refractivity contribution in [3.05, 3.63) is 15.5 Å². The van der Waals surface area contributed by atoms with Crippen molar-refractivity contribution in [1.29, 1.82) is 0 Å². The van der Waals surface area contributed by atoms with Crippen LogP contribution in [0.2, 0.25) is 4.47 Å². The Morgan fingerprint density at radius 2 is 2.57 bits per heavy atom. The van der Waals surface area contributed by atoms with Gasteiger partial charge in [-0.3, -0.25) is 9.69 Å². The smallest absolute Gasteiger partial charge is 0.234 e. The topological polar surface area (TPSA) is 45.2 Å². The summed E-state index contributed by atoms with van der Waals surface area (Å²) >= 11 is 7.14. The number of hydrogen-bond acceptors (Lipinski definition) is 4. The van der Waals surface area contributed by atoms with Gasteiger partial charge < -0.3 is 5.32 Å². The first-order chi connectivity index (χ1) is 6.74. The van der Waals surface area contributed by atoms with Crippen LogP contribution >= 0.6 is 22.9 Å². The molecule has 0 unspecified atom stereocenters. The molecule has 1 aromatic rings. The number of thiazole rings is 1. The van der Waals surface area contributed by atoms with Gasteiger partial charge in [-0.25, -0.2) is 4.98 Å². The molecule has 0 radical (unpaired) electrons. The van der Waals surface area contributed by atoms with Gasteiger partial charge in [-0.05, 0) is 0 Å². The van der Waals surface area contributed by atoms with Crippen molar-refractivity contribution in [2.75, 3.05) is 19.6 Å². The second-order valence-corrected chi connectivity index (χ2v) is 4.59. The number of hydrogen-bond donors (Lipinski definition) is 1. The van der Waals surface area contributed by atoms with Crippen molar-refractivity contribution in [1.82, 2.24) is 15.2 Å². The maximum atomic E-state index is 11.1. The highest BCUT2D eigenvalue weighted by Crippen LogP contribution is 2.16. The lowest BCUT2D eigenvalue weighted by Crippen LogP contribution is -2.47. The molecule has 4 nitrogen and oxygen atoms in total. The molecule has 1 aromatic heterocycles. The Labute approximate surface area is 90.9 Å². The lowest BCUT2D eigenvalue weighted by molar-refractivity contribution is -0.124. The molecule has 6 heteroatoms. The number of carbonyl (C=O) groups excluding carboxylic acids is 1. The molecular weight excluding hydrogens is 222 g/mol. The molecular formula is C8H10ClN3OS. The molecule has 76 valence electrons. The number of nitrogens with zero attached hydrogens (tertiary/aromatic N) is 2. The first-order valence-electron chi connectivity index (χ1n) is 4.33. The first kappa shape index (κ1) is 9.89. The molecule has 1 aliphatic rings. The minimum Gasteiger partial charge on any atom is -0.354 e. The summed E-state index contributed by atoms with van der Waals surface area (Å²) in [6.07, 6.45) is 0. The van der Waals surface area contributed by atoms with Crippen molar-refractivity contribution >= 4 is 28.8 Å². The zero-order valence-corrected chi connectivity index (χ0v) is 9.07. The zero-order valence-electron chi connectivity index (χ0n) is 7.49. The predicted molar refractivity (Wildman–Crippen MR) is 55.4 cm³/mol. The number of piperazine rings is 1. The molecule has 2 rings (SSSR count). The number of rotatable bonds is 2. The molecule has 1 amide bonds. The van der Waals surface area contributed by atoms with Crippen LogP contribution < -0.4 is 5.32 Å². The Hall–Kier alpha value is -0.650. The molecule has 0 bridgehead atoms. The van der Waals surface area contributed by atoms with E-state index in [9.17, 15) is 4.79 Å². The summed E-state index contributed by atoms with van der Waals surface area (Å²) in [4.78, 5) is 17.3. The van der Waals surface area contributed by atoms with E-state index in [2.05, 4.69) is 15.2 Å². The van der Waals surface area contributed by atoms with Gasteiger partial charge in [-0.1, -0.05) is 11.6 Å². The summed E-state index contributed by atoms with van der Waals surface area (Å²) in [5, 5.41) is 4.70. The third-order valence-electron chi connectivity index (χ3n) is 2.03. The maximum absolute atomic E-state index is 11.1. The molecule has 0 aliphatic carbocycles. The van der Waals surface area contributed by atoms with Crippen LogP contribution in [0, 0.1) is 0 Å². The van der Waals surface area contributed by atoms with Gasteiger partial charge >= 0.3 is 0 Å². The van der Waals surface area contributed by atoms with Gasteiger partial charge in [-0.2, -0.15) is 0 Å². The number of nitrogens with one attached hydrogen (secondary N) is 1. The van der Waals surface area contributed by atoms with Gasteiger partial charge in [0.15, 0.2) is 4.47 Å². The summed E-state index contributed by atoms with van der Waals surface area (Å²) in [6, 6.07) is 0. The van der Waals surface area contributed by atoms with Crippen LogP contribution in [0.15, 0.2) is 5.38 Å². The SMILES string of the molecule is O=C1CN(Cc2csc(Cl)n2)CCN1. The van der Waals surface area contributed by atoms with Gasteiger partial charge in [-0.15, -0.1) is 11.3 Å². The van der Waals surface area contributed by atoms with Crippen LogP contribution in [0.25, 0.3) is 0 Å². The lowest BCUT2D eigenvalue weighted by Gasteiger charge is -2.25. The summed E-state index contributed by atoms with van der Waals surface area (Å²) in [5.74, 6) is 0.0811. The standard InChI is InChI=1S/C8H10ClN3OS/c9-8-11-6(5-14-8)3-12-2-1-10-7(13)4-12/h5H,1-4H2,(H,10,13). The van der Waals surface area contributed by atoms with E-state index in [1.807, 2.05) is 5.38 Å². The first-order valence-corrected chi connectivity index (χ1v) is 5.59. The molecule has 0 spiro atoms. The van der Waals surface area contributed by atoms with E-state index in [4.69, 9.17) is 11.6 Å². The van der Waals surface area contributed by atoms with Crippen LogP contribution in [0.5, 0.6) is 0 Å². The summed E-state index contributed by atoms with van der Waals surface area (Å²) in [7, 11) is 0. The molecule has 14 heavy (non-hydrogen) atoms. The minimum absolute atomic E-state index is 0.0811. The molecule has 1 saturated heterocycles. The molecule has 0 atom stereocenters. The van der Waals surface area contributed by atoms with Crippen molar-refractivity contribution in [3.63, 3.8) is 0 Å². The van der Waals surface area contributed by atoms with Gasteiger partial charge in [0.05, 0.1) is 12.2 Å². The highest BCUT2D eigenvalue weighted by atomic mass is 35.5. The van der Waals surface area contributed by atoms with Gasteiger partial charge in [0.25, 0.3) is 0 Å². The normalized spacial score (nSPS) is 18.2. The van der Waals surface area contributed by atoms with E-state index in [1.54, 1.807) is 0 Å². The van der Waals surface area contributed by atoms with Crippen LogP contribution in [-0.4, -0.2) is 35.4 Å². The Bertz CT molecular complexity index is 341. The summed E-state index contributed by atoms with van der Waals surface area (Å²) < 4.78 is 0.557. The van der Waals surface area contributed by atoms with Crippen molar-refractivity contribution in [3.8, 4) is 0 Å². The van der Waals surface area contributed by atoms with Crippen LogP contribution in [-0.2, 0) is 11.3 Å². The maximum Gasteiger partial charge on any atom is 0.234 e. The fraction of sp³-hybridized carbons (Fsp3) is 0.500. The van der Waals surface area contributed by atoms with Crippen LogP contribution in [0.3, 0.4) is 0 Å². The average molecular weight is 232 g/mol. The van der Waals surface area contributed by atoms with Crippen molar-refractivity contribution < 1.29 is 4.79 Å². The number of amides is 1. The zero-order chi connectivity index (χ0) is 9.97. The van der Waals surface area contributed by atoms with E-state index in [-0.39, 0.29) is 5.91 Å². The minimum atomic E-state index is 0.0811. The van der Waals surface area contributed by atoms with Crippen LogP contribution in [0.1, 0.15) is 5.69 Å². The van der Waals surface area contributed by atoms with Gasteiger partial charge in [0, 0.05) is 25.0 Å². The van der Waals surface area contributed by atoms with E-state index in [1.165, 1.54) is 11.3 Å². The van der Waals surface area contributed by atoms with Crippen molar-refractivity contribution in [2.24, 2.45) is 0 Å². The molecule has 0 saturated carbocycles. The van der Waals surface area contributed by atoms with Gasteiger partial charge in [0.2, 0.25) is 5.91 Å². The van der Waals surface area contributed by atoms with E-state index in [0.717, 1.165) is 18.8 Å². The average Bonchev–Trinajstić information content (AvgIpc) is 2.51. The van der Waals surface area contributed by atoms with E-state index < -0.39 is 0 Å². The molecule has 2 heterocycles. The Balaban J connectivity index is 1.93. The highest BCUT2D eigenvalue weighted by molar-refractivity contribution is 7.13. The molecule has 0 aromatic carbocycles. The fourth-order valence-electron chi connectivity index (χ4n) is 1.41. The quantitative estimate of drug-likeness (QED) is 0.816. The molecule has 1 fully saturated rings. The molecule has 1 N–H and O–H groups in total. The highest BCUT2D eigenvalue weighted by Gasteiger charge is 2.16.